The molecule has 2 aromatic carbocycles. The van der Waals surface area contributed by atoms with Crippen LogP contribution in [-0.4, -0.2) is 25.0 Å². The minimum Gasteiger partial charge on any atom is -0.291 e. The molecule has 0 saturated carbocycles. The lowest BCUT2D eigenvalue weighted by molar-refractivity contribution is 0.389. The zero-order valence-electron chi connectivity index (χ0n) is 11.3. The molecular formula is C15H11N5O2. The average molecular weight is 293 g/mol. The Kier molecular flexibility index (Phi) is 2.67. The van der Waals surface area contributed by atoms with Crippen molar-refractivity contribution in [2.75, 3.05) is 5.48 Å². The number of hydrogen-bond acceptors (Lipinski definition) is 5. The summed E-state index contributed by atoms with van der Waals surface area (Å²) in [7, 11) is 0. The standard InChI is InChI=1S/C15H11N5O2/c21-15-11-3-1-2-4-12(11)20-14(16-15)13(17-19-20)9-5-7-10(18-22)8-6-9/h1-8,18-19,22H. The number of anilines is 1. The van der Waals surface area contributed by atoms with Gasteiger partial charge in [0.1, 0.15) is 5.69 Å². The van der Waals surface area contributed by atoms with Crippen molar-refractivity contribution in [1.82, 2.24) is 19.8 Å². The zero-order chi connectivity index (χ0) is 15.1. The van der Waals surface area contributed by atoms with Gasteiger partial charge in [-0.1, -0.05) is 24.3 Å². The van der Waals surface area contributed by atoms with Crippen molar-refractivity contribution in [3.05, 3.63) is 58.9 Å². The number of hydrogen-bond donors (Lipinski definition) is 3. The molecule has 108 valence electrons. The van der Waals surface area contributed by atoms with Gasteiger partial charge >= 0.3 is 0 Å². The number of fused-ring (bicyclic) bond motifs is 3. The topological polar surface area (TPSA) is 95.3 Å². The molecule has 0 amide bonds. The normalized spacial score (nSPS) is 11.1. The molecule has 0 aliphatic heterocycles. The van der Waals surface area contributed by atoms with Crippen molar-refractivity contribution < 1.29 is 5.21 Å². The first-order valence-corrected chi connectivity index (χ1v) is 6.64. The summed E-state index contributed by atoms with van der Waals surface area (Å²) in [5.74, 6) is 0. The lowest BCUT2D eigenvalue weighted by Crippen LogP contribution is -2.10. The van der Waals surface area contributed by atoms with E-state index < -0.39 is 0 Å². The van der Waals surface area contributed by atoms with Gasteiger partial charge in [0.25, 0.3) is 5.56 Å². The van der Waals surface area contributed by atoms with Crippen molar-refractivity contribution in [2.24, 2.45) is 0 Å². The molecule has 7 heteroatoms. The smallest absolute Gasteiger partial charge is 0.281 e. The van der Waals surface area contributed by atoms with Gasteiger partial charge in [-0.25, -0.2) is 9.73 Å². The Bertz CT molecular complexity index is 1030. The molecule has 0 atom stereocenters. The van der Waals surface area contributed by atoms with Crippen LogP contribution >= 0.6 is 0 Å². The lowest BCUT2D eigenvalue weighted by Gasteiger charge is -2.02. The molecule has 0 aliphatic carbocycles. The van der Waals surface area contributed by atoms with E-state index in [1.807, 2.05) is 12.1 Å². The van der Waals surface area contributed by atoms with Gasteiger partial charge in [0.15, 0.2) is 5.65 Å². The quantitative estimate of drug-likeness (QED) is 0.492. The highest BCUT2D eigenvalue weighted by atomic mass is 16.5. The Morgan fingerprint density at radius 1 is 1.09 bits per heavy atom. The van der Waals surface area contributed by atoms with Gasteiger partial charge in [0.05, 0.1) is 16.6 Å². The van der Waals surface area contributed by atoms with Crippen molar-refractivity contribution in [2.45, 2.75) is 0 Å². The molecule has 0 radical (unpaired) electrons. The van der Waals surface area contributed by atoms with E-state index in [4.69, 9.17) is 5.21 Å². The van der Waals surface area contributed by atoms with E-state index in [1.54, 1.807) is 40.9 Å². The van der Waals surface area contributed by atoms with E-state index in [-0.39, 0.29) is 5.56 Å². The Balaban J connectivity index is 2.01. The second-order valence-corrected chi connectivity index (χ2v) is 4.84. The van der Waals surface area contributed by atoms with Crippen LogP contribution in [0.15, 0.2) is 53.3 Å². The summed E-state index contributed by atoms with van der Waals surface area (Å²) in [6, 6.07) is 14.2. The molecule has 0 aliphatic rings. The number of benzene rings is 2. The number of rotatable bonds is 2. The average Bonchev–Trinajstić information content (AvgIpc) is 2.99. The number of aromatic amines is 1. The molecule has 0 bridgehead atoms. The summed E-state index contributed by atoms with van der Waals surface area (Å²) in [5.41, 5.74) is 4.91. The van der Waals surface area contributed by atoms with Gasteiger partial charge in [0.2, 0.25) is 0 Å². The van der Waals surface area contributed by atoms with Crippen LogP contribution in [0.4, 0.5) is 5.69 Å². The van der Waals surface area contributed by atoms with Crippen molar-refractivity contribution >= 4 is 22.2 Å². The zero-order valence-corrected chi connectivity index (χ0v) is 11.3. The number of nitrogens with zero attached hydrogens (tertiary/aromatic N) is 3. The molecule has 2 aromatic heterocycles. The Hall–Kier alpha value is -3.19. The van der Waals surface area contributed by atoms with Gasteiger partial charge in [-0.2, -0.15) is 10.1 Å². The van der Waals surface area contributed by atoms with Crippen LogP contribution in [0.1, 0.15) is 0 Å². The molecule has 4 rings (SSSR count). The fraction of sp³-hybridized carbons (Fsp3) is 0. The molecule has 22 heavy (non-hydrogen) atoms. The molecule has 2 heterocycles. The second-order valence-electron chi connectivity index (χ2n) is 4.84. The van der Waals surface area contributed by atoms with Crippen molar-refractivity contribution in [3.63, 3.8) is 0 Å². The van der Waals surface area contributed by atoms with Gasteiger partial charge < -0.3 is 0 Å². The minimum absolute atomic E-state index is 0.285. The molecule has 0 saturated heterocycles. The third-order valence-corrected chi connectivity index (χ3v) is 3.56. The van der Waals surface area contributed by atoms with Crippen molar-refractivity contribution in [3.8, 4) is 11.3 Å². The van der Waals surface area contributed by atoms with Gasteiger partial charge in [0, 0.05) is 5.56 Å². The van der Waals surface area contributed by atoms with Crippen LogP contribution < -0.4 is 11.0 Å². The number of aromatic nitrogens is 4. The maximum atomic E-state index is 12.2. The maximum absolute atomic E-state index is 12.2. The SMILES string of the molecule is O=c1nc2c(-c3ccc(NO)cc3)n[nH]n2c2ccccc12. The largest absolute Gasteiger partial charge is 0.291 e. The predicted molar refractivity (Wildman–Crippen MR) is 82.0 cm³/mol. The third-order valence-electron chi connectivity index (χ3n) is 3.56. The summed E-state index contributed by atoms with van der Waals surface area (Å²) in [6.07, 6.45) is 0. The van der Waals surface area contributed by atoms with E-state index in [1.165, 1.54) is 0 Å². The van der Waals surface area contributed by atoms with Crippen LogP contribution in [0.2, 0.25) is 0 Å². The molecular weight excluding hydrogens is 282 g/mol. The molecule has 7 nitrogen and oxygen atoms in total. The highest BCUT2D eigenvalue weighted by Crippen LogP contribution is 2.23. The van der Waals surface area contributed by atoms with E-state index in [9.17, 15) is 4.79 Å². The summed E-state index contributed by atoms with van der Waals surface area (Å²) >= 11 is 0. The number of H-pyrrole nitrogens is 1. The highest BCUT2D eigenvalue weighted by molar-refractivity contribution is 5.84. The molecule has 0 spiro atoms. The van der Waals surface area contributed by atoms with Gasteiger partial charge in [-0.15, -0.1) is 0 Å². The lowest BCUT2D eigenvalue weighted by atomic mass is 10.1. The third kappa shape index (κ3) is 1.76. The van der Waals surface area contributed by atoms with Crippen LogP contribution in [0.25, 0.3) is 27.8 Å². The first kappa shape index (κ1) is 12.5. The van der Waals surface area contributed by atoms with Gasteiger partial charge in [-0.3, -0.25) is 15.5 Å². The monoisotopic (exact) mass is 293 g/mol. The van der Waals surface area contributed by atoms with Crippen LogP contribution in [0.5, 0.6) is 0 Å². The van der Waals surface area contributed by atoms with Gasteiger partial charge in [-0.05, 0) is 24.3 Å². The van der Waals surface area contributed by atoms with E-state index in [2.05, 4.69) is 20.8 Å². The minimum atomic E-state index is -0.285. The Morgan fingerprint density at radius 3 is 2.64 bits per heavy atom. The second kappa shape index (κ2) is 4.68. The summed E-state index contributed by atoms with van der Waals surface area (Å²) < 4.78 is 1.68. The van der Waals surface area contributed by atoms with Crippen LogP contribution in [0.3, 0.4) is 0 Å². The number of nitrogens with one attached hydrogen (secondary N) is 2. The first-order chi connectivity index (χ1) is 10.8. The van der Waals surface area contributed by atoms with Crippen molar-refractivity contribution in [1.29, 1.82) is 0 Å². The molecule has 4 aromatic rings. The summed E-state index contributed by atoms with van der Waals surface area (Å²) in [5, 5.41) is 16.5. The van der Waals surface area contributed by atoms with Crippen LogP contribution in [0, 0.1) is 0 Å². The fourth-order valence-electron chi connectivity index (χ4n) is 2.48. The maximum Gasteiger partial charge on any atom is 0.281 e. The van der Waals surface area contributed by atoms with E-state index in [0.29, 0.717) is 22.4 Å². The van der Waals surface area contributed by atoms with E-state index in [0.717, 1.165) is 11.1 Å². The predicted octanol–water partition coefficient (Wildman–Crippen LogP) is 2.04. The molecule has 0 fully saturated rings. The number of para-hydroxylation sites is 1. The molecule has 3 N–H and O–H groups in total. The van der Waals surface area contributed by atoms with Crippen LogP contribution in [-0.2, 0) is 0 Å². The highest BCUT2D eigenvalue weighted by Gasteiger charge is 2.13. The summed E-state index contributed by atoms with van der Waals surface area (Å²) in [4.78, 5) is 16.3. The first-order valence-electron chi connectivity index (χ1n) is 6.64. The fourth-order valence-corrected chi connectivity index (χ4v) is 2.48. The molecule has 0 unspecified atom stereocenters. The summed E-state index contributed by atoms with van der Waals surface area (Å²) in [6.45, 7) is 0. The Labute approximate surface area is 123 Å². The van der Waals surface area contributed by atoms with E-state index >= 15 is 0 Å². The Morgan fingerprint density at radius 2 is 1.86 bits per heavy atom.